The number of carbonyl (C=O) groups is 2. The first-order valence-electron chi connectivity index (χ1n) is 12.0. The molecule has 5 heteroatoms. The van der Waals surface area contributed by atoms with E-state index in [1.54, 1.807) is 16.7 Å². The van der Waals surface area contributed by atoms with Gasteiger partial charge in [-0.3, -0.25) is 9.59 Å². The Morgan fingerprint density at radius 3 is 1.97 bits per heavy atom. The summed E-state index contributed by atoms with van der Waals surface area (Å²) in [6.45, 7) is 8.35. The third kappa shape index (κ3) is 8.91. The number of thioether (sulfide) groups is 1. The van der Waals surface area contributed by atoms with Crippen LogP contribution in [0.5, 0.6) is 0 Å². The summed E-state index contributed by atoms with van der Waals surface area (Å²) in [5.41, 5.74) is 4.05. The van der Waals surface area contributed by atoms with Gasteiger partial charge in [0.25, 0.3) is 0 Å². The zero-order valence-corrected chi connectivity index (χ0v) is 22.0. The number of rotatable bonds is 10. The Hall–Kier alpha value is -3.05. The maximum absolute atomic E-state index is 13.6. The first kappa shape index (κ1) is 26.6. The van der Waals surface area contributed by atoms with E-state index in [4.69, 9.17) is 0 Å². The molecule has 0 saturated heterocycles. The molecule has 0 aliphatic heterocycles. The zero-order chi connectivity index (χ0) is 25.3. The number of amides is 2. The van der Waals surface area contributed by atoms with E-state index >= 15 is 0 Å². The fourth-order valence-electron chi connectivity index (χ4n) is 3.81. The zero-order valence-electron chi connectivity index (χ0n) is 21.2. The molecule has 0 aliphatic carbocycles. The fourth-order valence-corrected chi connectivity index (χ4v) is 4.68. The molecule has 3 rings (SSSR count). The van der Waals surface area contributed by atoms with Crippen LogP contribution >= 0.6 is 11.8 Å². The molecule has 35 heavy (non-hydrogen) atoms. The summed E-state index contributed by atoms with van der Waals surface area (Å²) in [6, 6.07) is 27.6. The molecule has 0 aromatic heterocycles. The van der Waals surface area contributed by atoms with Gasteiger partial charge in [-0.05, 0) is 44.4 Å². The van der Waals surface area contributed by atoms with Crippen LogP contribution in [0.1, 0.15) is 43.0 Å². The van der Waals surface area contributed by atoms with Gasteiger partial charge in [-0.25, -0.2) is 0 Å². The Morgan fingerprint density at radius 1 is 0.829 bits per heavy atom. The van der Waals surface area contributed by atoms with Crippen LogP contribution < -0.4 is 5.32 Å². The van der Waals surface area contributed by atoms with Gasteiger partial charge in [-0.2, -0.15) is 0 Å². The van der Waals surface area contributed by atoms with Crippen molar-refractivity contribution in [1.29, 1.82) is 0 Å². The van der Waals surface area contributed by atoms with Gasteiger partial charge in [-0.15, -0.1) is 11.8 Å². The lowest BCUT2D eigenvalue weighted by molar-refractivity contribution is -0.140. The minimum atomic E-state index is -0.607. The van der Waals surface area contributed by atoms with Crippen LogP contribution in [-0.4, -0.2) is 34.0 Å². The third-order valence-electron chi connectivity index (χ3n) is 5.58. The Morgan fingerprint density at radius 2 is 1.40 bits per heavy atom. The van der Waals surface area contributed by atoms with Crippen molar-refractivity contribution in [2.24, 2.45) is 0 Å². The minimum Gasteiger partial charge on any atom is -0.350 e. The molecular weight excluding hydrogens is 452 g/mol. The van der Waals surface area contributed by atoms with Crippen molar-refractivity contribution in [3.05, 3.63) is 107 Å². The van der Waals surface area contributed by atoms with E-state index in [9.17, 15) is 9.59 Å². The van der Waals surface area contributed by atoms with Crippen LogP contribution in [0.15, 0.2) is 84.9 Å². The van der Waals surface area contributed by atoms with Crippen LogP contribution in [0.4, 0.5) is 0 Å². The lowest BCUT2D eigenvalue weighted by Gasteiger charge is -2.34. The number of aryl methyl sites for hydroxylation is 1. The molecule has 0 saturated carbocycles. The highest BCUT2D eigenvalue weighted by atomic mass is 32.2. The Bertz CT molecular complexity index is 1080. The molecule has 2 amide bonds. The smallest absolute Gasteiger partial charge is 0.243 e. The standard InChI is InChI=1S/C30H36N2O2S/c1-23-15-17-26(18-16-23)21-35-22-28(33)32(20-25-13-9-6-10-14-25)27(29(34)31-30(2,3)4)19-24-11-7-5-8-12-24/h5-18,27H,19-22H2,1-4H3,(H,31,34)/t27-/m1/s1. The summed E-state index contributed by atoms with van der Waals surface area (Å²) in [4.78, 5) is 28.9. The monoisotopic (exact) mass is 488 g/mol. The van der Waals surface area contributed by atoms with E-state index in [1.807, 2.05) is 81.4 Å². The maximum atomic E-state index is 13.6. The summed E-state index contributed by atoms with van der Waals surface area (Å²) < 4.78 is 0. The quantitative estimate of drug-likeness (QED) is 0.393. The van der Waals surface area contributed by atoms with Gasteiger partial charge in [0, 0.05) is 24.3 Å². The van der Waals surface area contributed by atoms with Crippen LogP contribution in [0.3, 0.4) is 0 Å². The highest BCUT2D eigenvalue weighted by Crippen LogP contribution is 2.19. The Labute approximate surface area is 214 Å². The number of hydrogen-bond donors (Lipinski definition) is 1. The molecule has 0 heterocycles. The van der Waals surface area contributed by atoms with Gasteiger partial charge in [0.2, 0.25) is 11.8 Å². The average Bonchev–Trinajstić information content (AvgIpc) is 2.82. The van der Waals surface area contributed by atoms with Crippen molar-refractivity contribution in [3.8, 4) is 0 Å². The molecule has 1 atom stereocenters. The second-order valence-corrected chi connectivity index (χ2v) is 10.9. The van der Waals surface area contributed by atoms with Gasteiger partial charge in [0.15, 0.2) is 0 Å². The molecular formula is C30H36N2O2S. The molecule has 0 spiro atoms. The Balaban J connectivity index is 1.83. The number of carbonyl (C=O) groups excluding carboxylic acids is 2. The van der Waals surface area contributed by atoms with E-state index in [0.29, 0.717) is 18.7 Å². The van der Waals surface area contributed by atoms with Crippen molar-refractivity contribution in [2.75, 3.05) is 5.75 Å². The highest BCUT2D eigenvalue weighted by molar-refractivity contribution is 7.99. The van der Waals surface area contributed by atoms with Crippen molar-refractivity contribution in [1.82, 2.24) is 10.2 Å². The van der Waals surface area contributed by atoms with Gasteiger partial charge in [0.1, 0.15) is 6.04 Å². The largest absolute Gasteiger partial charge is 0.350 e. The molecule has 0 unspecified atom stereocenters. The van der Waals surface area contributed by atoms with Crippen LogP contribution in [0.25, 0.3) is 0 Å². The molecule has 0 bridgehead atoms. The van der Waals surface area contributed by atoms with Crippen molar-refractivity contribution in [3.63, 3.8) is 0 Å². The van der Waals surface area contributed by atoms with Gasteiger partial charge in [0.05, 0.1) is 5.75 Å². The van der Waals surface area contributed by atoms with Crippen LogP contribution in [-0.2, 0) is 28.3 Å². The molecule has 3 aromatic carbocycles. The minimum absolute atomic E-state index is 0.0315. The third-order valence-corrected chi connectivity index (χ3v) is 6.57. The van der Waals surface area contributed by atoms with E-state index in [-0.39, 0.29) is 11.8 Å². The van der Waals surface area contributed by atoms with Gasteiger partial charge in [-0.1, -0.05) is 90.5 Å². The summed E-state index contributed by atoms with van der Waals surface area (Å²) in [5, 5.41) is 3.11. The van der Waals surface area contributed by atoms with Crippen molar-refractivity contribution in [2.45, 2.75) is 58.0 Å². The average molecular weight is 489 g/mol. The van der Waals surface area contributed by atoms with Gasteiger partial charge < -0.3 is 10.2 Å². The molecule has 1 N–H and O–H groups in total. The number of nitrogens with one attached hydrogen (secondary N) is 1. The maximum Gasteiger partial charge on any atom is 0.243 e. The lowest BCUT2D eigenvalue weighted by Crippen LogP contribution is -2.54. The topological polar surface area (TPSA) is 49.4 Å². The summed E-state index contributed by atoms with van der Waals surface area (Å²) in [5.74, 6) is 0.905. The molecule has 0 radical (unpaired) electrons. The summed E-state index contributed by atoms with van der Waals surface area (Å²) >= 11 is 1.58. The fraction of sp³-hybridized carbons (Fsp3) is 0.333. The molecule has 0 fully saturated rings. The number of benzene rings is 3. The van der Waals surface area contributed by atoms with E-state index < -0.39 is 11.6 Å². The van der Waals surface area contributed by atoms with Crippen LogP contribution in [0, 0.1) is 6.92 Å². The van der Waals surface area contributed by atoms with E-state index in [1.165, 1.54) is 11.1 Å². The molecule has 0 aliphatic rings. The van der Waals surface area contributed by atoms with Crippen molar-refractivity contribution >= 4 is 23.6 Å². The second kappa shape index (κ2) is 12.6. The van der Waals surface area contributed by atoms with Crippen LogP contribution in [0.2, 0.25) is 0 Å². The highest BCUT2D eigenvalue weighted by Gasteiger charge is 2.32. The van der Waals surface area contributed by atoms with Gasteiger partial charge >= 0.3 is 0 Å². The second-order valence-electron chi connectivity index (χ2n) is 9.93. The lowest BCUT2D eigenvalue weighted by atomic mass is 10.0. The molecule has 3 aromatic rings. The number of hydrogen-bond acceptors (Lipinski definition) is 3. The Kier molecular flexibility index (Phi) is 9.55. The molecule has 4 nitrogen and oxygen atoms in total. The summed E-state index contributed by atoms with van der Waals surface area (Å²) in [7, 11) is 0. The SMILES string of the molecule is Cc1ccc(CSCC(=O)N(Cc2ccccc2)[C@H](Cc2ccccc2)C(=O)NC(C)(C)C)cc1. The predicted octanol–water partition coefficient (Wildman–Crippen LogP) is 5.78. The van der Waals surface area contributed by atoms with Crippen molar-refractivity contribution < 1.29 is 9.59 Å². The number of nitrogens with zero attached hydrogens (tertiary/aromatic N) is 1. The molecule has 184 valence electrons. The normalized spacial score (nSPS) is 12.1. The summed E-state index contributed by atoms with van der Waals surface area (Å²) in [6.07, 6.45) is 0.462. The first-order chi connectivity index (χ1) is 16.7. The van der Waals surface area contributed by atoms with E-state index in [2.05, 4.69) is 36.5 Å². The predicted molar refractivity (Wildman–Crippen MR) is 146 cm³/mol. The first-order valence-corrected chi connectivity index (χ1v) is 13.2. The van der Waals surface area contributed by atoms with E-state index in [0.717, 1.165) is 16.9 Å².